The molecule has 1 atom stereocenters. The van der Waals surface area contributed by atoms with Crippen LogP contribution in [0.4, 0.5) is 0 Å². The van der Waals surface area contributed by atoms with E-state index < -0.39 is 0 Å². The molecule has 0 radical (unpaired) electrons. The van der Waals surface area contributed by atoms with Crippen molar-refractivity contribution >= 4 is 5.91 Å². The zero-order valence-electron chi connectivity index (χ0n) is 25.7. The summed E-state index contributed by atoms with van der Waals surface area (Å²) in [6.07, 6.45) is 18.2. The second-order valence-corrected chi connectivity index (χ2v) is 9.04. The van der Waals surface area contributed by atoms with Crippen LogP contribution in [0.2, 0.25) is 0 Å². The van der Waals surface area contributed by atoms with E-state index in [2.05, 4.69) is 43.1 Å². The molecule has 3 nitrogen and oxygen atoms in total. The molecule has 0 spiro atoms. The zero-order chi connectivity index (χ0) is 29.1. The molecule has 0 aromatic heterocycles. The Morgan fingerprint density at radius 3 is 2.08 bits per heavy atom. The molecule has 0 saturated carbocycles. The molecule has 0 aliphatic heterocycles. The van der Waals surface area contributed by atoms with Gasteiger partial charge in [-0.25, -0.2) is 0 Å². The lowest BCUT2D eigenvalue weighted by Gasteiger charge is -2.18. The van der Waals surface area contributed by atoms with Gasteiger partial charge in [-0.2, -0.15) is 0 Å². The van der Waals surface area contributed by atoms with Gasteiger partial charge in [0.25, 0.3) is 0 Å². The van der Waals surface area contributed by atoms with Crippen molar-refractivity contribution in [1.82, 2.24) is 5.32 Å². The van der Waals surface area contributed by atoms with Crippen LogP contribution in [0, 0.1) is 0 Å². The third kappa shape index (κ3) is 18.0. The first kappa shape index (κ1) is 35.9. The topological polar surface area (TPSA) is 38.3 Å². The largest absolute Gasteiger partial charge is 0.457 e. The van der Waals surface area contributed by atoms with Gasteiger partial charge in [-0.3, -0.25) is 4.79 Å². The predicted octanol–water partition coefficient (Wildman–Crippen LogP) is 10.8. The number of para-hydroxylation sites is 1. The van der Waals surface area contributed by atoms with Crippen LogP contribution in [-0.4, -0.2) is 11.9 Å². The van der Waals surface area contributed by atoms with E-state index in [1.54, 1.807) is 0 Å². The van der Waals surface area contributed by atoms with Crippen molar-refractivity contribution in [2.45, 2.75) is 112 Å². The first-order valence-corrected chi connectivity index (χ1v) is 15.2. The standard InChI is InChI=1S/C32H43NO2.2C2H6/c1-4-7-16-27(6-3)17-11-8-9-14-20-32(34)33-29(15-5-2)24-21-28-22-25-31(26-23-28)35-30-18-12-10-13-19-30;2*1-2/h4,6-7,10,12-13,16,18-19,22-23,25-26,29H,3,5,8-9,11,14-15,17,20-21,24H2,1-2H3,(H,33,34);2*1-2H3/b7-4-,27-16+;;/t29-;;/m0../s1. The van der Waals surface area contributed by atoms with Crippen LogP contribution >= 0.6 is 0 Å². The molecule has 0 heterocycles. The third-order valence-electron chi connectivity index (χ3n) is 6.07. The molecule has 0 aliphatic rings. The van der Waals surface area contributed by atoms with Gasteiger partial charge in [-0.15, -0.1) is 0 Å². The van der Waals surface area contributed by atoms with E-state index in [4.69, 9.17) is 4.74 Å². The molecule has 1 amide bonds. The van der Waals surface area contributed by atoms with Crippen LogP contribution < -0.4 is 10.1 Å². The first-order valence-electron chi connectivity index (χ1n) is 15.2. The molecule has 0 aliphatic carbocycles. The number of amides is 1. The fourth-order valence-electron chi connectivity index (χ4n) is 4.07. The number of aryl methyl sites for hydroxylation is 1. The maximum atomic E-state index is 12.5. The molecule has 216 valence electrons. The lowest BCUT2D eigenvalue weighted by Crippen LogP contribution is -2.35. The third-order valence-corrected chi connectivity index (χ3v) is 6.07. The molecule has 2 rings (SSSR count). The monoisotopic (exact) mass is 533 g/mol. The Bertz CT molecular complexity index is 913. The van der Waals surface area contributed by atoms with Gasteiger partial charge >= 0.3 is 0 Å². The summed E-state index contributed by atoms with van der Waals surface area (Å²) in [4.78, 5) is 12.5. The Hall–Kier alpha value is -3.07. The second-order valence-electron chi connectivity index (χ2n) is 9.04. The number of nitrogens with one attached hydrogen (secondary N) is 1. The van der Waals surface area contributed by atoms with Crippen LogP contribution in [0.15, 0.2) is 91.1 Å². The highest BCUT2D eigenvalue weighted by molar-refractivity contribution is 5.76. The van der Waals surface area contributed by atoms with Gasteiger partial charge in [0.15, 0.2) is 0 Å². The summed E-state index contributed by atoms with van der Waals surface area (Å²) in [7, 11) is 0. The highest BCUT2D eigenvalue weighted by Gasteiger charge is 2.12. The first-order chi connectivity index (χ1) is 19.1. The van der Waals surface area contributed by atoms with E-state index in [9.17, 15) is 4.79 Å². The van der Waals surface area contributed by atoms with Crippen LogP contribution in [0.3, 0.4) is 0 Å². The van der Waals surface area contributed by atoms with Crippen molar-refractivity contribution in [3.05, 3.63) is 96.6 Å². The van der Waals surface area contributed by atoms with Crippen molar-refractivity contribution in [3.8, 4) is 11.5 Å². The number of unbranched alkanes of at least 4 members (excludes halogenated alkanes) is 3. The molecular weight excluding hydrogens is 478 g/mol. The number of carbonyl (C=O) groups excluding carboxylic acids is 1. The summed E-state index contributed by atoms with van der Waals surface area (Å²) >= 11 is 0. The Kier molecular flexibility index (Phi) is 23.2. The highest BCUT2D eigenvalue weighted by Crippen LogP contribution is 2.22. The number of benzene rings is 2. The number of hydrogen-bond donors (Lipinski definition) is 1. The molecule has 0 fully saturated rings. The van der Waals surface area contributed by atoms with Gasteiger partial charge in [0.1, 0.15) is 11.5 Å². The number of rotatable bonds is 17. The summed E-state index contributed by atoms with van der Waals surface area (Å²) < 4.78 is 5.88. The minimum absolute atomic E-state index is 0.190. The molecule has 0 unspecified atom stereocenters. The Morgan fingerprint density at radius 2 is 1.49 bits per heavy atom. The molecule has 1 N–H and O–H groups in total. The molecule has 2 aromatic rings. The van der Waals surface area contributed by atoms with Gasteiger partial charge in [-0.1, -0.05) is 115 Å². The van der Waals surface area contributed by atoms with Crippen molar-refractivity contribution in [2.24, 2.45) is 0 Å². The van der Waals surface area contributed by atoms with E-state index in [1.807, 2.05) is 89.2 Å². The smallest absolute Gasteiger partial charge is 0.220 e. The average Bonchev–Trinajstić information content (AvgIpc) is 2.98. The van der Waals surface area contributed by atoms with E-state index in [0.717, 1.165) is 69.3 Å². The Morgan fingerprint density at radius 1 is 0.872 bits per heavy atom. The molecule has 3 heteroatoms. The summed E-state index contributed by atoms with van der Waals surface area (Å²) in [5.41, 5.74) is 2.55. The number of hydrogen-bond acceptors (Lipinski definition) is 2. The minimum Gasteiger partial charge on any atom is -0.457 e. The number of ether oxygens (including phenoxy) is 1. The van der Waals surface area contributed by atoms with Crippen molar-refractivity contribution < 1.29 is 9.53 Å². The second kappa shape index (κ2) is 25.2. The molecule has 2 aromatic carbocycles. The minimum atomic E-state index is 0.190. The van der Waals surface area contributed by atoms with Crippen molar-refractivity contribution in [3.63, 3.8) is 0 Å². The van der Waals surface area contributed by atoms with Crippen molar-refractivity contribution in [2.75, 3.05) is 0 Å². The SMILES string of the molecule is C=C/C(=C\C=C/C)CCCCCCC(=O)N[C@@H](CCC)CCc1ccc(Oc2ccccc2)cc1.CC.CC. The van der Waals surface area contributed by atoms with E-state index in [1.165, 1.54) is 11.1 Å². The van der Waals surface area contributed by atoms with Crippen LogP contribution in [0.25, 0.3) is 0 Å². The predicted molar refractivity (Wildman–Crippen MR) is 172 cm³/mol. The van der Waals surface area contributed by atoms with Crippen molar-refractivity contribution in [1.29, 1.82) is 0 Å². The van der Waals surface area contributed by atoms with Crippen LogP contribution in [-0.2, 0) is 11.2 Å². The fraction of sp³-hybridized carbons (Fsp3) is 0.472. The summed E-state index contributed by atoms with van der Waals surface area (Å²) in [5.74, 6) is 1.87. The number of allylic oxidation sites excluding steroid dienone is 5. The quantitative estimate of drug-likeness (QED) is 0.162. The Balaban J connectivity index is 0.00000344. The fourth-order valence-corrected chi connectivity index (χ4v) is 4.07. The highest BCUT2D eigenvalue weighted by atomic mass is 16.5. The maximum Gasteiger partial charge on any atom is 0.220 e. The van der Waals surface area contributed by atoms with Gasteiger partial charge in [0.2, 0.25) is 5.91 Å². The molecule has 0 bridgehead atoms. The zero-order valence-corrected chi connectivity index (χ0v) is 25.7. The van der Waals surface area contributed by atoms with E-state index in [-0.39, 0.29) is 11.9 Å². The molecule has 0 saturated heterocycles. The van der Waals surface area contributed by atoms with Crippen LogP contribution in [0.1, 0.15) is 105 Å². The lowest BCUT2D eigenvalue weighted by molar-refractivity contribution is -0.122. The molecular formula is C36H55NO2. The number of carbonyl (C=O) groups is 1. The summed E-state index contributed by atoms with van der Waals surface area (Å²) in [6, 6.07) is 18.3. The normalized spacial score (nSPS) is 11.5. The summed E-state index contributed by atoms with van der Waals surface area (Å²) in [5, 5.41) is 3.28. The maximum absolute atomic E-state index is 12.5. The summed E-state index contributed by atoms with van der Waals surface area (Å²) in [6.45, 7) is 16.1. The Labute approximate surface area is 240 Å². The lowest BCUT2D eigenvalue weighted by atomic mass is 10.0. The average molecular weight is 534 g/mol. The molecule has 39 heavy (non-hydrogen) atoms. The van der Waals surface area contributed by atoms with Gasteiger partial charge in [0.05, 0.1) is 0 Å². The van der Waals surface area contributed by atoms with E-state index in [0.29, 0.717) is 6.42 Å². The van der Waals surface area contributed by atoms with Gasteiger partial charge < -0.3 is 10.1 Å². The van der Waals surface area contributed by atoms with Crippen LogP contribution in [0.5, 0.6) is 11.5 Å². The van der Waals surface area contributed by atoms with E-state index >= 15 is 0 Å². The van der Waals surface area contributed by atoms with Gasteiger partial charge in [-0.05, 0) is 80.9 Å². The van der Waals surface area contributed by atoms with Gasteiger partial charge in [0, 0.05) is 12.5 Å².